The number of halogens is 3. The minimum Gasteiger partial charge on any atom is -0.508 e. The lowest BCUT2D eigenvalue weighted by molar-refractivity contribution is -0.116. The first-order valence-electron chi connectivity index (χ1n) is 9.00. The molecule has 0 aliphatic carbocycles. The van der Waals surface area contributed by atoms with E-state index in [1.807, 2.05) is 0 Å². The van der Waals surface area contributed by atoms with E-state index in [0.717, 1.165) is 5.56 Å². The maximum Gasteiger partial charge on any atom is 0.224 e. The molecule has 0 aliphatic heterocycles. The molecule has 0 spiro atoms. The smallest absolute Gasteiger partial charge is 0.224 e. The number of aromatic hydroxyl groups is 1. The van der Waals surface area contributed by atoms with Crippen LogP contribution in [-0.4, -0.2) is 23.9 Å². The molecule has 0 saturated heterocycles. The molecule has 0 radical (unpaired) electrons. The average molecular weight is 395 g/mol. The topological polar surface area (TPSA) is 87.4 Å². The highest BCUT2D eigenvalue weighted by atomic mass is 19.2. The molecule has 0 aliphatic rings. The fraction of sp³-hybridized carbons (Fsp3) is 0.350. The van der Waals surface area contributed by atoms with E-state index in [2.05, 4.69) is 10.6 Å². The highest BCUT2D eigenvalue weighted by Crippen LogP contribution is 2.28. The summed E-state index contributed by atoms with van der Waals surface area (Å²) in [5.74, 6) is -0.905. The predicted octanol–water partition coefficient (Wildman–Crippen LogP) is 4.53. The number of carbonyl (C=O) groups is 1. The molecule has 2 aromatic rings. The largest absolute Gasteiger partial charge is 0.508 e. The van der Waals surface area contributed by atoms with E-state index in [4.69, 9.17) is 5.73 Å². The first-order valence-corrected chi connectivity index (χ1v) is 9.00. The lowest BCUT2D eigenvalue weighted by Gasteiger charge is -2.13. The minimum absolute atomic E-state index is 0.0714. The van der Waals surface area contributed by atoms with Crippen LogP contribution in [0.5, 0.6) is 5.75 Å². The van der Waals surface area contributed by atoms with Crippen molar-refractivity contribution < 1.29 is 23.1 Å². The number of rotatable bonds is 10. The molecule has 0 bridgehead atoms. The lowest BCUT2D eigenvalue weighted by Crippen LogP contribution is -2.14. The second kappa shape index (κ2) is 10.4. The fourth-order valence-electron chi connectivity index (χ4n) is 2.59. The summed E-state index contributed by atoms with van der Waals surface area (Å²) in [4.78, 5) is 11.9. The van der Waals surface area contributed by atoms with Crippen LogP contribution in [0.1, 0.15) is 31.2 Å². The third-order valence-electron chi connectivity index (χ3n) is 4.21. The van der Waals surface area contributed by atoms with Crippen LogP contribution in [0, 0.1) is 5.82 Å². The fourth-order valence-corrected chi connectivity index (χ4v) is 2.59. The van der Waals surface area contributed by atoms with E-state index >= 15 is 0 Å². The van der Waals surface area contributed by atoms with E-state index in [0.29, 0.717) is 19.4 Å². The zero-order valence-electron chi connectivity index (χ0n) is 15.4. The van der Waals surface area contributed by atoms with Gasteiger partial charge in [0.1, 0.15) is 18.6 Å². The molecule has 5 N–H and O–H groups in total. The van der Waals surface area contributed by atoms with Crippen molar-refractivity contribution in [3.63, 3.8) is 0 Å². The highest BCUT2D eigenvalue weighted by Gasteiger charge is 2.13. The second-order valence-corrected chi connectivity index (χ2v) is 6.45. The Bertz CT molecular complexity index is 785. The first kappa shape index (κ1) is 21.4. The Hall–Kier alpha value is -2.90. The zero-order valence-corrected chi connectivity index (χ0v) is 15.4. The normalized spacial score (nSPS) is 11.8. The van der Waals surface area contributed by atoms with Gasteiger partial charge in [0.05, 0.1) is 17.1 Å². The molecule has 5 nitrogen and oxygen atoms in total. The summed E-state index contributed by atoms with van der Waals surface area (Å²) in [5.41, 5.74) is 6.77. The number of alkyl halides is 2. The highest BCUT2D eigenvalue weighted by molar-refractivity contribution is 5.94. The van der Waals surface area contributed by atoms with Gasteiger partial charge in [-0.05, 0) is 49.1 Å². The zero-order chi connectivity index (χ0) is 20.5. The molecule has 2 aromatic carbocycles. The van der Waals surface area contributed by atoms with E-state index in [-0.39, 0.29) is 41.6 Å². The van der Waals surface area contributed by atoms with Crippen LogP contribution in [0.4, 0.5) is 30.2 Å². The van der Waals surface area contributed by atoms with E-state index in [1.54, 1.807) is 12.1 Å². The molecule has 1 amide bonds. The summed E-state index contributed by atoms with van der Waals surface area (Å²) in [7, 11) is 0. The average Bonchev–Trinajstić information content (AvgIpc) is 2.69. The van der Waals surface area contributed by atoms with Gasteiger partial charge in [0.2, 0.25) is 5.91 Å². The Morgan fingerprint density at radius 1 is 1.11 bits per heavy atom. The SMILES string of the molecule is Nc1c(NC(=O)CCCCC(F)CF)ccc(NCc2ccc(O)cc2)c1F. The van der Waals surface area contributed by atoms with Gasteiger partial charge < -0.3 is 21.5 Å². The summed E-state index contributed by atoms with van der Waals surface area (Å²) in [6, 6.07) is 9.44. The summed E-state index contributed by atoms with van der Waals surface area (Å²) in [6.45, 7) is -0.689. The van der Waals surface area contributed by atoms with Crippen molar-refractivity contribution in [1.82, 2.24) is 0 Å². The summed E-state index contributed by atoms with van der Waals surface area (Å²) < 4.78 is 39.3. The first-order chi connectivity index (χ1) is 13.4. The number of anilines is 3. The van der Waals surface area contributed by atoms with Gasteiger partial charge in [0.25, 0.3) is 0 Å². The molecule has 1 atom stereocenters. The molecule has 8 heteroatoms. The van der Waals surface area contributed by atoms with Gasteiger partial charge in [-0.15, -0.1) is 0 Å². The van der Waals surface area contributed by atoms with Crippen molar-refractivity contribution >= 4 is 23.0 Å². The predicted molar refractivity (Wildman–Crippen MR) is 104 cm³/mol. The Balaban J connectivity index is 1.88. The van der Waals surface area contributed by atoms with E-state index in [9.17, 15) is 23.1 Å². The van der Waals surface area contributed by atoms with Gasteiger partial charge in [-0.3, -0.25) is 4.79 Å². The van der Waals surface area contributed by atoms with Crippen LogP contribution in [0.25, 0.3) is 0 Å². The molecule has 28 heavy (non-hydrogen) atoms. The number of hydrogen-bond donors (Lipinski definition) is 4. The quantitative estimate of drug-likeness (QED) is 0.352. The molecule has 0 saturated carbocycles. The standard InChI is InChI=1S/C20H24F3N3O2/c21-11-14(22)3-1-2-4-18(28)26-17-10-9-16(19(23)20(17)24)25-12-13-5-7-15(27)8-6-13/h5-10,14,25,27H,1-4,11-12,24H2,(H,26,28). The number of benzene rings is 2. The Labute approximate surface area is 161 Å². The minimum atomic E-state index is -1.49. The molecular weight excluding hydrogens is 371 g/mol. The third kappa shape index (κ3) is 6.37. The van der Waals surface area contributed by atoms with Gasteiger partial charge in [0, 0.05) is 13.0 Å². The van der Waals surface area contributed by atoms with Crippen molar-refractivity contribution in [1.29, 1.82) is 0 Å². The van der Waals surface area contributed by atoms with Crippen LogP contribution in [-0.2, 0) is 11.3 Å². The number of phenols is 1. The van der Waals surface area contributed by atoms with Gasteiger partial charge in [-0.25, -0.2) is 13.2 Å². The van der Waals surface area contributed by atoms with E-state index < -0.39 is 18.7 Å². The molecule has 152 valence electrons. The van der Waals surface area contributed by atoms with Gasteiger partial charge in [-0.1, -0.05) is 12.1 Å². The maximum absolute atomic E-state index is 14.5. The van der Waals surface area contributed by atoms with Crippen LogP contribution < -0.4 is 16.4 Å². The van der Waals surface area contributed by atoms with Gasteiger partial charge >= 0.3 is 0 Å². The molecule has 0 fully saturated rings. The van der Waals surface area contributed by atoms with Crippen molar-refractivity contribution in [2.45, 2.75) is 38.4 Å². The number of nitrogen functional groups attached to an aromatic ring is 1. The van der Waals surface area contributed by atoms with Crippen LogP contribution in [0.15, 0.2) is 36.4 Å². The number of phenolic OH excluding ortho intramolecular Hbond substituents is 1. The Morgan fingerprint density at radius 2 is 1.79 bits per heavy atom. The number of unbranched alkanes of at least 4 members (excludes halogenated alkanes) is 1. The number of nitrogens with one attached hydrogen (secondary N) is 2. The van der Waals surface area contributed by atoms with Crippen LogP contribution in [0.2, 0.25) is 0 Å². The van der Waals surface area contributed by atoms with Crippen molar-refractivity contribution in [2.24, 2.45) is 0 Å². The monoisotopic (exact) mass is 395 g/mol. The summed E-state index contributed by atoms with van der Waals surface area (Å²) in [6.07, 6.45) is -0.513. The number of nitrogens with two attached hydrogens (primary N) is 1. The number of hydrogen-bond acceptors (Lipinski definition) is 4. The van der Waals surface area contributed by atoms with Crippen molar-refractivity contribution in [2.75, 3.05) is 23.0 Å². The van der Waals surface area contributed by atoms with Gasteiger partial charge in [-0.2, -0.15) is 0 Å². The summed E-state index contributed by atoms with van der Waals surface area (Å²) in [5, 5.41) is 14.7. The Kier molecular flexibility index (Phi) is 7.98. The van der Waals surface area contributed by atoms with Crippen LogP contribution >= 0.6 is 0 Å². The number of carbonyl (C=O) groups excluding carboxylic acids is 1. The lowest BCUT2D eigenvalue weighted by atomic mass is 10.1. The van der Waals surface area contributed by atoms with Crippen molar-refractivity contribution in [3.8, 4) is 5.75 Å². The number of amides is 1. The second-order valence-electron chi connectivity index (χ2n) is 6.45. The van der Waals surface area contributed by atoms with E-state index in [1.165, 1.54) is 24.3 Å². The molecular formula is C20H24F3N3O2. The van der Waals surface area contributed by atoms with Crippen LogP contribution in [0.3, 0.4) is 0 Å². The molecule has 1 unspecified atom stereocenters. The maximum atomic E-state index is 14.5. The Morgan fingerprint density at radius 3 is 2.46 bits per heavy atom. The molecule has 0 aromatic heterocycles. The third-order valence-corrected chi connectivity index (χ3v) is 4.21. The summed E-state index contributed by atoms with van der Waals surface area (Å²) >= 11 is 0. The van der Waals surface area contributed by atoms with Gasteiger partial charge in [0.15, 0.2) is 5.82 Å². The molecule has 2 rings (SSSR count). The van der Waals surface area contributed by atoms with Crippen molar-refractivity contribution in [3.05, 3.63) is 47.8 Å². The molecule has 0 heterocycles.